The highest BCUT2D eigenvalue weighted by molar-refractivity contribution is 14.1. The van der Waals surface area contributed by atoms with Crippen molar-refractivity contribution in [3.63, 3.8) is 0 Å². The minimum absolute atomic E-state index is 0.0398. The molecule has 0 saturated carbocycles. The monoisotopic (exact) mass is 392 g/mol. The number of anilines is 1. The Morgan fingerprint density at radius 2 is 2.05 bits per heavy atom. The molecule has 0 atom stereocenters. The summed E-state index contributed by atoms with van der Waals surface area (Å²) in [7, 11) is 0. The number of aliphatic hydroxyl groups excluding tert-OH is 1. The van der Waals surface area contributed by atoms with Crippen LogP contribution >= 0.6 is 22.6 Å². The SMILES string of the molecule is CC(C)N(CCO)C(=O)Nc1ccc(I)cc1C(=O)O. The lowest BCUT2D eigenvalue weighted by Crippen LogP contribution is -2.42. The molecule has 0 aliphatic carbocycles. The molecule has 0 bridgehead atoms. The molecule has 0 spiro atoms. The van der Waals surface area contributed by atoms with E-state index in [1.807, 2.05) is 36.4 Å². The summed E-state index contributed by atoms with van der Waals surface area (Å²) in [4.78, 5) is 24.7. The van der Waals surface area contributed by atoms with E-state index >= 15 is 0 Å². The molecule has 7 heteroatoms. The summed E-state index contributed by atoms with van der Waals surface area (Å²) in [5, 5.41) is 20.7. The standard InChI is InChI=1S/C13H17IN2O4/c1-8(2)16(5-6-17)13(20)15-11-4-3-9(14)7-10(11)12(18)19/h3-4,7-8,17H,5-6H2,1-2H3,(H,15,20)(H,18,19). The first-order valence-corrected chi connectivity index (χ1v) is 7.16. The van der Waals surface area contributed by atoms with Crippen LogP contribution in [0.3, 0.4) is 0 Å². The molecule has 0 aromatic heterocycles. The number of carbonyl (C=O) groups is 2. The van der Waals surface area contributed by atoms with Crippen LogP contribution in [0.15, 0.2) is 18.2 Å². The molecule has 20 heavy (non-hydrogen) atoms. The largest absolute Gasteiger partial charge is 0.478 e. The molecule has 0 fully saturated rings. The van der Waals surface area contributed by atoms with Gasteiger partial charge in [-0.05, 0) is 54.6 Å². The fourth-order valence-corrected chi connectivity index (χ4v) is 2.18. The third kappa shape index (κ3) is 4.34. The number of nitrogens with zero attached hydrogens (tertiary/aromatic N) is 1. The van der Waals surface area contributed by atoms with Gasteiger partial charge in [-0.15, -0.1) is 0 Å². The van der Waals surface area contributed by atoms with Gasteiger partial charge in [-0.25, -0.2) is 9.59 Å². The van der Waals surface area contributed by atoms with Gasteiger partial charge in [-0.3, -0.25) is 0 Å². The molecular formula is C13H17IN2O4. The first-order chi connectivity index (χ1) is 9.36. The summed E-state index contributed by atoms with van der Waals surface area (Å²) in [6.07, 6.45) is 0. The van der Waals surface area contributed by atoms with Crippen LogP contribution in [-0.2, 0) is 0 Å². The molecule has 1 aromatic rings. The smallest absolute Gasteiger partial charge is 0.337 e. The van der Waals surface area contributed by atoms with E-state index in [9.17, 15) is 9.59 Å². The molecule has 0 saturated heterocycles. The number of carboxylic acids is 1. The van der Waals surface area contributed by atoms with E-state index in [-0.39, 0.29) is 30.4 Å². The van der Waals surface area contributed by atoms with Crippen LogP contribution in [0.5, 0.6) is 0 Å². The molecule has 0 unspecified atom stereocenters. The number of halogens is 1. The zero-order valence-electron chi connectivity index (χ0n) is 11.3. The second-order valence-corrected chi connectivity index (χ2v) is 5.68. The summed E-state index contributed by atoms with van der Waals surface area (Å²) in [5.41, 5.74) is 0.282. The fraction of sp³-hybridized carbons (Fsp3) is 0.385. The molecule has 110 valence electrons. The number of nitrogens with one attached hydrogen (secondary N) is 1. The Balaban J connectivity index is 2.97. The number of carboxylic acid groups (broad SMARTS) is 1. The van der Waals surface area contributed by atoms with Crippen molar-refractivity contribution < 1.29 is 19.8 Å². The maximum absolute atomic E-state index is 12.1. The van der Waals surface area contributed by atoms with Crippen LogP contribution in [-0.4, -0.2) is 46.3 Å². The van der Waals surface area contributed by atoms with E-state index in [1.165, 1.54) is 11.0 Å². The second kappa shape index (κ2) is 7.44. The van der Waals surface area contributed by atoms with E-state index in [2.05, 4.69) is 5.32 Å². The van der Waals surface area contributed by atoms with E-state index < -0.39 is 12.0 Å². The zero-order chi connectivity index (χ0) is 15.3. The van der Waals surface area contributed by atoms with Crippen molar-refractivity contribution in [3.8, 4) is 0 Å². The lowest BCUT2D eigenvalue weighted by molar-refractivity contribution is 0.0698. The molecule has 0 aliphatic rings. The molecule has 1 rings (SSSR count). The Morgan fingerprint density at radius 1 is 1.40 bits per heavy atom. The van der Waals surface area contributed by atoms with Crippen LogP contribution < -0.4 is 5.32 Å². The third-order valence-corrected chi connectivity index (χ3v) is 3.35. The minimum atomic E-state index is -1.10. The Labute approximate surface area is 130 Å². The number of amides is 2. The highest BCUT2D eigenvalue weighted by Gasteiger charge is 2.19. The third-order valence-electron chi connectivity index (χ3n) is 2.68. The second-order valence-electron chi connectivity index (χ2n) is 4.44. The van der Waals surface area contributed by atoms with Gasteiger partial charge in [0, 0.05) is 16.2 Å². The maximum atomic E-state index is 12.1. The van der Waals surface area contributed by atoms with Crippen LogP contribution in [0.25, 0.3) is 0 Å². The van der Waals surface area contributed by atoms with Crippen molar-refractivity contribution in [2.75, 3.05) is 18.5 Å². The number of aromatic carboxylic acids is 1. The number of rotatable bonds is 5. The average Bonchev–Trinajstić information content (AvgIpc) is 2.37. The first-order valence-electron chi connectivity index (χ1n) is 6.08. The summed E-state index contributed by atoms with van der Waals surface area (Å²) in [5.74, 6) is -1.10. The minimum Gasteiger partial charge on any atom is -0.478 e. The Kier molecular flexibility index (Phi) is 6.21. The van der Waals surface area contributed by atoms with E-state index in [4.69, 9.17) is 10.2 Å². The molecule has 2 amide bonds. The quantitative estimate of drug-likeness (QED) is 0.671. The van der Waals surface area contributed by atoms with Gasteiger partial charge >= 0.3 is 12.0 Å². The average molecular weight is 392 g/mol. The fourth-order valence-electron chi connectivity index (χ4n) is 1.69. The summed E-state index contributed by atoms with van der Waals surface area (Å²) in [6, 6.07) is 4.23. The van der Waals surface area contributed by atoms with Gasteiger partial charge in [0.15, 0.2) is 0 Å². The molecule has 0 radical (unpaired) electrons. The maximum Gasteiger partial charge on any atom is 0.337 e. The van der Waals surface area contributed by atoms with E-state index in [0.29, 0.717) is 0 Å². The van der Waals surface area contributed by atoms with Gasteiger partial charge in [-0.2, -0.15) is 0 Å². The Morgan fingerprint density at radius 3 is 2.55 bits per heavy atom. The number of hydrogen-bond donors (Lipinski definition) is 3. The van der Waals surface area contributed by atoms with Gasteiger partial charge in [0.2, 0.25) is 0 Å². The summed E-state index contributed by atoms with van der Waals surface area (Å²) >= 11 is 2.01. The Hall–Kier alpha value is -1.35. The number of hydrogen-bond acceptors (Lipinski definition) is 3. The van der Waals surface area contributed by atoms with Gasteiger partial charge in [0.05, 0.1) is 17.9 Å². The molecule has 3 N–H and O–H groups in total. The molecular weight excluding hydrogens is 375 g/mol. The van der Waals surface area contributed by atoms with Crippen LogP contribution in [0, 0.1) is 3.57 Å². The number of urea groups is 1. The molecule has 6 nitrogen and oxygen atoms in total. The zero-order valence-corrected chi connectivity index (χ0v) is 13.4. The van der Waals surface area contributed by atoms with Crippen molar-refractivity contribution in [1.29, 1.82) is 0 Å². The summed E-state index contributed by atoms with van der Waals surface area (Å²) < 4.78 is 0.772. The van der Waals surface area contributed by atoms with Gasteiger partial charge in [-0.1, -0.05) is 0 Å². The predicted octanol–water partition coefficient (Wildman–Crippen LogP) is 2.22. The van der Waals surface area contributed by atoms with E-state index in [0.717, 1.165) is 3.57 Å². The highest BCUT2D eigenvalue weighted by atomic mass is 127. The predicted molar refractivity (Wildman–Crippen MR) is 84.1 cm³/mol. The highest BCUT2D eigenvalue weighted by Crippen LogP contribution is 2.19. The van der Waals surface area contributed by atoms with Crippen molar-refractivity contribution in [3.05, 3.63) is 27.3 Å². The van der Waals surface area contributed by atoms with Crippen molar-refractivity contribution >= 4 is 40.3 Å². The molecule has 0 aliphatic heterocycles. The number of carbonyl (C=O) groups excluding carboxylic acids is 1. The van der Waals surface area contributed by atoms with Gasteiger partial charge in [0.25, 0.3) is 0 Å². The van der Waals surface area contributed by atoms with Crippen molar-refractivity contribution in [2.24, 2.45) is 0 Å². The Bertz CT molecular complexity index is 505. The summed E-state index contributed by atoms with van der Waals surface area (Å²) in [6.45, 7) is 3.68. The lowest BCUT2D eigenvalue weighted by Gasteiger charge is -2.26. The molecule has 1 aromatic carbocycles. The van der Waals surface area contributed by atoms with Crippen LogP contribution in [0.2, 0.25) is 0 Å². The van der Waals surface area contributed by atoms with Gasteiger partial charge in [0.1, 0.15) is 0 Å². The topological polar surface area (TPSA) is 89.9 Å². The van der Waals surface area contributed by atoms with Gasteiger partial charge < -0.3 is 20.4 Å². The molecule has 0 heterocycles. The number of aliphatic hydroxyl groups is 1. The van der Waals surface area contributed by atoms with Crippen molar-refractivity contribution in [1.82, 2.24) is 4.90 Å². The van der Waals surface area contributed by atoms with E-state index in [1.54, 1.807) is 12.1 Å². The first kappa shape index (κ1) is 16.7. The lowest BCUT2D eigenvalue weighted by atomic mass is 10.2. The normalized spacial score (nSPS) is 10.4. The van der Waals surface area contributed by atoms with Crippen LogP contribution in [0.1, 0.15) is 24.2 Å². The van der Waals surface area contributed by atoms with Crippen LogP contribution in [0.4, 0.5) is 10.5 Å². The number of benzene rings is 1. The van der Waals surface area contributed by atoms with Crippen molar-refractivity contribution in [2.45, 2.75) is 19.9 Å².